The van der Waals surface area contributed by atoms with Crippen molar-refractivity contribution in [3.05, 3.63) is 71.3 Å². The summed E-state index contributed by atoms with van der Waals surface area (Å²) in [6.07, 6.45) is 2.21. The fourth-order valence-corrected chi connectivity index (χ4v) is 3.74. The first-order chi connectivity index (χ1) is 18.1. The summed E-state index contributed by atoms with van der Waals surface area (Å²) in [4.78, 5) is 42.3. The number of nitrogens with zero attached hydrogens (tertiary/aromatic N) is 1. The molecule has 0 saturated carbocycles. The van der Waals surface area contributed by atoms with E-state index >= 15 is 0 Å². The zero-order chi connectivity index (χ0) is 28.8. The van der Waals surface area contributed by atoms with Gasteiger partial charge < -0.3 is 24.2 Å². The Balaban J connectivity index is 1.88. The molecule has 0 aromatic heterocycles. The second-order valence-electron chi connectivity index (χ2n) is 11.3. The Hall–Kier alpha value is -4.14. The number of hydrogen-bond acceptors (Lipinski definition) is 8. The van der Waals surface area contributed by atoms with E-state index in [1.807, 2.05) is 30.3 Å². The van der Waals surface area contributed by atoms with Crippen LogP contribution < -0.4 is 4.74 Å². The van der Waals surface area contributed by atoms with Crippen molar-refractivity contribution < 1.29 is 38.5 Å². The molecule has 1 atom stereocenters. The molecule has 0 spiro atoms. The van der Waals surface area contributed by atoms with Crippen LogP contribution in [0.5, 0.6) is 5.75 Å². The van der Waals surface area contributed by atoms with Crippen LogP contribution in [-0.4, -0.2) is 45.5 Å². The van der Waals surface area contributed by atoms with E-state index in [1.54, 1.807) is 65.8 Å². The van der Waals surface area contributed by atoms with Gasteiger partial charge in [0.05, 0.1) is 12.1 Å². The van der Waals surface area contributed by atoms with E-state index in [-0.39, 0.29) is 6.42 Å². The highest BCUT2D eigenvalue weighted by Gasteiger charge is 2.50. The van der Waals surface area contributed by atoms with Crippen LogP contribution in [0.15, 0.2) is 59.8 Å². The third-order valence-corrected chi connectivity index (χ3v) is 5.35. The van der Waals surface area contributed by atoms with Crippen molar-refractivity contribution in [2.45, 2.75) is 77.8 Å². The number of carboxylic acids is 1. The van der Waals surface area contributed by atoms with Gasteiger partial charge in [0.1, 0.15) is 23.6 Å². The number of oxime groups is 1. The summed E-state index contributed by atoms with van der Waals surface area (Å²) in [5.41, 5.74) is -0.919. The van der Waals surface area contributed by atoms with Crippen molar-refractivity contribution in [1.29, 1.82) is 0 Å². The Kier molecular flexibility index (Phi) is 8.84. The molecule has 1 aliphatic heterocycles. The summed E-state index contributed by atoms with van der Waals surface area (Å²) < 4.78 is 16.7. The third-order valence-electron chi connectivity index (χ3n) is 5.35. The van der Waals surface area contributed by atoms with Crippen LogP contribution in [0.4, 0.5) is 0 Å². The average Bonchev–Trinajstić information content (AvgIpc) is 3.25. The van der Waals surface area contributed by atoms with Gasteiger partial charge >= 0.3 is 17.9 Å². The van der Waals surface area contributed by atoms with Gasteiger partial charge in [-0.15, -0.1) is 0 Å². The number of ether oxygens (including phenoxy) is 3. The van der Waals surface area contributed by atoms with Gasteiger partial charge in [0.25, 0.3) is 0 Å². The van der Waals surface area contributed by atoms with Gasteiger partial charge in [-0.3, -0.25) is 4.79 Å². The number of aliphatic carboxylic acids is 1. The molecule has 1 heterocycles. The number of carboxylic acid groups (broad SMARTS) is 1. The number of benzene rings is 2. The van der Waals surface area contributed by atoms with Crippen LogP contribution >= 0.6 is 0 Å². The van der Waals surface area contributed by atoms with Crippen LogP contribution in [-0.2, 0) is 35.3 Å². The van der Waals surface area contributed by atoms with Crippen LogP contribution in [0.2, 0.25) is 0 Å². The second kappa shape index (κ2) is 11.7. The van der Waals surface area contributed by atoms with E-state index in [4.69, 9.17) is 19.0 Å². The lowest BCUT2D eigenvalue weighted by Crippen LogP contribution is -2.42. The molecule has 39 heavy (non-hydrogen) atoms. The molecule has 0 amide bonds. The fraction of sp³-hybridized carbons (Fsp3) is 0.400. The van der Waals surface area contributed by atoms with E-state index < -0.39 is 41.1 Å². The van der Waals surface area contributed by atoms with E-state index in [0.29, 0.717) is 29.2 Å². The Bertz CT molecular complexity index is 1270. The monoisotopic (exact) mass is 537 g/mol. The fourth-order valence-electron chi connectivity index (χ4n) is 3.74. The number of carbonyl (C=O) groups is 3. The molecule has 3 rings (SSSR count). The van der Waals surface area contributed by atoms with E-state index in [0.717, 1.165) is 5.56 Å². The third kappa shape index (κ3) is 8.98. The number of carbonyl (C=O) groups excluding carboxylic acids is 2. The molecule has 0 fully saturated rings. The quantitative estimate of drug-likeness (QED) is 0.338. The van der Waals surface area contributed by atoms with Gasteiger partial charge in [0.2, 0.25) is 5.60 Å². The molecule has 0 aliphatic carbocycles. The Morgan fingerprint density at radius 1 is 1.00 bits per heavy atom. The average molecular weight is 538 g/mol. The van der Waals surface area contributed by atoms with Crippen molar-refractivity contribution in [2.24, 2.45) is 5.16 Å². The Morgan fingerprint density at radius 3 is 2.28 bits per heavy atom. The van der Waals surface area contributed by atoms with Crippen LogP contribution in [0.25, 0.3) is 6.08 Å². The molecule has 1 unspecified atom stereocenters. The lowest BCUT2D eigenvalue weighted by molar-refractivity contribution is -0.175. The van der Waals surface area contributed by atoms with Crippen molar-refractivity contribution in [2.75, 3.05) is 0 Å². The minimum absolute atomic E-state index is 0.168. The molecular formula is C30H35NO8. The lowest BCUT2D eigenvalue weighted by atomic mass is 9.90. The maximum atomic E-state index is 12.5. The first-order valence-electron chi connectivity index (χ1n) is 12.6. The topological polar surface area (TPSA) is 121 Å². The van der Waals surface area contributed by atoms with Crippen molar-refractivity contribution in [3.63, 3.8) is 0 Å². The standard InChI is InChI=1S/C30H35NO8/c1-28(2,3)37-25(32)13-12-21-14-22(16-23(15-21)36-19-20-10-8-7-9-11-20)24-17-30(27(34)35,39-31-24)18-26(33)38-29(4,5)6/h7-16H,17-19H2,1-6H3,(H,34,35)/b13-12+. The van der Waals surface area contributed by atoms with Crippen molar-refractivity contribution >= 4 is 29.7 Å². The van der Waals surface area contributed by atoms with E-state index in [2.05, 4.69) is 5.16 Å². The summed E-state index contributed by atoms with van der Waals surface area (Å²) >= 11 is 0. The molecule has 1 aliphatic rings. The summed E-state index contributed by atoms with van der Waals surface area (Å²) in [7, 11) is 0. The highest BCUT2D eigenvalue weighted by Crippen LogP contribution is 2.33. The smallest absolute Gasteiger partial charge is 0.351 e. The highest BCUT2D eigenvalue weighted by atomic mass is 16.7. The number of esters is 2. The van der Waals surface area contributed by atoms with Gasteiger partial charge in [-0.05, 0) is 76.9 Å². The normalized spacial score (nSPS) is 17.3. The van der Waals surface area contributed by atoms with Gasteiger partial charge in [-0.2, -0.15) is 0 Å². The molecule has 0 radical (unpaired) electrons. The number of hydrogen-bond donors (Lipinski definition) is 1. The van der Waals surface area contributed by atoms with Crippen molar-refractivity contribution in [1.82, 2.24) is 0 Å². The zero-order valence-corrected chi connectivity index (χ0v) is 23.1. The largest absolute Gasteiger partial charge is 0.489 e. The molecule has 0 saturated heterocycles. The molecular weight excluding hydrogens is 502 g/mol. The van der Waals surface area contributed by atoms with Crippen molar-refractivity contribution in [3.8, 4) is 5.75 Å². The molecule has 0 bridgehead atoms. The Labute approximate surface area is 228 Å². The van der Waals surface area contributed by atoms with Gasteiger partial charge in [-0.25, -0.2) is 9.59 Å². The SMILES string of the molecule is CC(C)(C)OC(=O)/C=C/c1cc(OCc2ccccc2)cc(C2=NOC(CC(=O)OC(C)(C)C)(C(=O)O)C2)c1. The molecule has 208 valence electrons. The van der Waals surface area contributed by atoms with Crippen LogP contribution in [0.1, 0.15) is 71.1 Å². The van der Waals surface area contributed by atoms with E-state index in [1.165, 1.54) is 6.08 Å². The predicted octanol–water partition coefficient (Wildman–Crippen LogP) is 5.30. The second-order valence-corrected chi connectivity index (χ2v) is 11.3. The summed E-state index contributed by atoms with van der Waals surface area (Å²) in [6.45, 7) is 10.7. The van der Waals surface area contributed by atoms with Gasteiger partial charge in [0, 0.05) is 18.1 Å². The first kappa shape index (κ1) is 29.4. The summed E-state index contributed by atoms with van der Waals surface area (Å²) in [5, 5.41) is 14.0. The summed E-state index contributed by atoms with van der Waals surface area (Å²) in [5.74, 6) is -2.07. The minimum Gasteiger partial charge on any atom is -0.489 e. The first-order valence-corrected chi connectivity index (χ1v) is 12.6. The lowest BCUT2D eigenvalue weighted by Gasteiger charge is -2.24. The van der Waals surface area contributed by atoms with E-state index in [9.17, 15) is 19.5 Å². The predicted molar refractivity (Wildman–Crippen MR) is 145 cm³/mol. The zero-order valence-electron chi connectivity index (χ0n) is 23.1. The molecule has 9 heteroatoms. The van der Waals surface area contributed by atoms with Crippen LogP contribution in [0.3, 0.4) is 0 Å². The summed E-state index contributed by atoms with van der Waals surface area (Å²) in [6, 6.07) is 14.8. The minimum atomic E-state index is -1.90. The number of rotatable bonds is 9. The molecule has 2 aromatic carbocycles. The maximum absolute atomic E-state index is 12.5. The molecule has 2 aromatic rings. The van der Waals surface area contributed by atoms with Gasteiger partial charge in [0.15, 0.2) is 0 Å². The molecule has 1 N–H and O–H groups in total. The highest BCUT2D eigenvalue weighted by molar-refractivity contribution is 6.06. The van der Waals surface area contributed by atoms with Crippen LogP contribution in [0, 0.1) is 0 Å². The molecule has 9 nitrogen and oxygen atoms in total. The van der Waals surface area contributed by atoms with Gasteiger partial charge in [-0.1, -0.05) is 35.5 Å². The maximum Gasteiger partial charge on any atom is 0.351 e. The Morgan fingerprint density at radius 2 is 1.67 bits per heavy atom.